The Balaban J connectivity index is 1.42. The van der Waals surface area contributed by atoms with Crippen molar-refractivity contribution in [3.05, 3.63) is 82.9 Å². The van der Waals surface area contributed by atoms with E-state index in [2.05, 4.69) is 5.10 Å². The monoisotopic (exact) mass is 402 g/mol. The minimum atomic E-state index is -0.382. The Hall–Kier alpha value is -4.00. The van der Waals surface area contributed by atoms with Crippen molar-refractivity contribution in [1.82, 2.24) is 0 Å². The molecule has 0 unspecified atom stereocenters. The number of benzene rings is 2. The Labute approximate surface area is 170 Å². The Morgan fingerprint density at radius 2 is 1.87 bits per heavy atom. The van der Waals surface area contributed by atoms with E-state index in [9.17, 15) is 14.0 Å². The second-order valence-electron chi connectivity index (χ2n) is 6.99. The number of carbonyl (C=O) groups is 2. The Kier molecular flexibility index (Phi) is 4.10. The van der Waals surface area contributed by atoms with E-state index in [0.29, 0.717) is 34.1 Å². The summed E-state index contributed by atoms with van der Waals surface area (Å²) in [6.07, 6.45) is 1.63. The predicted octanol–water partition coefficient (Wildman–Crippen LogP) is 4.56. The van der Waals surface area contributed by atoms with Gasteiger partial charge in [0, 0.05) is 11.1 Å². The van der Waals surface area contributed by atoms with Gasteiger partial charge >= 0.3 is 5.97 Å². The summed E-state index contributed by atoms with van der Waals surface area (Å²) in [5.74, 6) is 0.0930. The molecule has 0 fully saturated rings. The standard InChI is InChI=1S/C23H15FN2O4/c1-13-20(22(27)26(25-13)17-5-3-16(24)4-6-17)11-18-7-9-21(30-18)14-2-8-19-15(10-14)12-29-23(19)28/h2-11H,12H2,1H3/b20-11+. The molecule has 0 saturated carbocycles. The zero-order chi connectivity index (χ0) is 20.8. The molecule has 2 aliphatic rings. The minimum Gasteiger partial charge on any atom is -0.457 e. The number of anilines is 1. The number of esters is 1. The van der Waals surface area contributed by atoms with Gasteiger partial charge < -0.3 is 9.15 Å². The molecule has 1 amide bonds. The maximum atomic E-state index is 13.2. The molecule has 0 bridgehead atoms. The van der Waals surface area contributed by atoms with Crippen molar-refractivity contribution in [2.24, 2.45) is 5.10 Å². The molecule has 0 spiro atoms. The maximum absolute atomic E-state index is 13.2. The summed E-state index contributed by atoms with van der Waals surface area (Å²) in [4.78, 5) is 24.4. The van der Waals surface area contributed by atoms with E-state index >= 15 is 0 Å². The van der Waals surface area contributed by atoms with Crippen LogP contribution < -0.4 is 5.01 Å². The predicted molar refractivity (Wildman–Crippen MR) is 108 cm³/mol. The van der Waals surface area contributed by atoms with Crippen LogP contribution in [0.25, 0.3) is 17.4 Å². The highest BCUT2D eigenvalue weighted by Gasteiger charge is 2.29. The van der Waals surface area contributed by atoms with Crippen molar-refractivity contribution < 1.29 is 23.1 Å². The lowest BCUT2D eigenvalue weighted by Gasteiger charge is -2.11. The molecule has 3 aromatic rings. The number of rotatable bonds is 3. The van der Waals surface area contributed by atoms with Gasteiger partial charge in [0.25, 0.3) is 5.91 Å². The first kappa shape index (κ1) is 18.1. The van der Waals surface area contributed by atoms with Crippen LogP contribution in [0.1, 0.15) is 28.6 Å². The second-order valence-corrected chi connectivity index (χ2v) is 6.99. The fourth-order valence-electron chi connectivity index (χ4n) is 3.46. The highest BCUT2D eigenvalue weighted by Crippen LogP contribution is 2.30. The van der Waals surface area contributed by atoms with Crippen LogP contribution in [-0.4, -0.2) is 17.6 Å². The van der Waals surface area contributed by atoms with Crippen LogP contribution >= 0.6 is 0 Å². The Morgan fingerprint density at radius 3 is 2.67 bits per heavy atom. The number of carbonyl (C=O) groups excluding carboxylic acids is 2. The molecule has 2 aliphatic heterocycles. The fourth-order valence-corrected chi connectivity index (χ4v) is 3.46. The van der Waals surface area contributed by atoms with Crippen LogP contribution in [0.5, 0.6) is 0 Å². The summed E-state index contributed by atoms with van der Waals surface area (Å²) in [6, 6.07) is 14.5. The number of nitrogens with zero attached hydrogens (tertiary/aromatic N) is 2. The number of furan rings is 1. The number of hydrazone groups is 1. The van der Waals surface area contributed by atoms with Crippen LogP contribution in [-0.2, 0) is 16.1 Å². The summed E-state index contributed by atoms with van der Waals surface area (Å²) in [5.41, 5.74) is 3.62. The molecule has 3 heterocycles. The van der Waals surface area contributed by atoms with Crippen molar-refractivity contribution in [2.45, 2.75) is 13.5 Å². The normalized spacial score (nSPS) is 16.8. The first-order valence-electron chi connectivity index (χ1n) is 9.27. The van der Waals surface area contributed by atoms with Crippen molar-refractivity contribution in [2.75, 3.05) is 5.01 Å². The van der Waals surface area contributed by atoms with E-state index in [1.165, 1.54) is 29.3 Å². The van der Waals surface area contributed by atoms with Gasteiger partial charge in [0.1, 0.15) is 23.9 Å². The van der Waals surface area contributed by atoms with Crippen LogP contribution in [0.3, 0.4) is 0 Å². The molecule has 7 heteroatoms. The lowest BCUT2D eigenvalue weighted by atomic mass is 10.0. The van der Waals surface area contributed by atoms with Crippen molar-refractivity contribution >= 4 is 29.4 Å². The van der Waals surface area contributed by atoms with Crippen molar-refractivity contribution in [1.29, 1.82) is 0 Å². The fraction of sp³-hybridized carbons (Fsp3) is 0.0870. The molecule has 30 heavy (non-hydrogen) atoms. The van der Waals surface area contributed by atoms with Gasteiger partial charge in [0.15, 0.2) is 0 Å². The first-order valence-corrected chi connectivity index (χ1v) is 9.27. The molecule has 148 valence electrons. The average molecular weight is 402 g/mol. The minimum absolute atomic E-state index is 0.253. The number of hydrogen-bond donors (Lipinski definition) is 0. The third-order valence-electron chi connectivity index (χ3n) is 5.02. The molecule has 2 aromatic carbocycles. The summed E-state index contributed by atoms with van der Waals surface area (Å²) in [7, 11) is 0. The summed E-state index contributed by atoms with van der Waals surface area (Å²) in [6.45, 7) is 1.98. The van der Waals surface area contributed by atoms with Gasteiger partial charge in [0.2, 0.25) is 0 Å². The third kappa shape index (κ3) is 3.00. The summed E-state index contributed by atoms with van der Waals surface area (Å²) >= 11 is 0. The van der Waals surface area contributed by atoms with Gasteiger partial charge in [0.05, 0.1) is 22.5 Å². The number of hydrogen-bond acceptors (Lipinski definition) is 5. The summed E-state index contributed by atoms with van der Waals surface area (Å²) < 4.78 is 24.1. The van der Waals surface area contributed by atoms with Crippen LogP contribution in [0, 0.1) is 5.82 Å². The van der Waals surface area contributed by atoms with Crippen molar-refractivity contribution in [3.8, 4) is 11.3 Å². The molecular weight excluding hydrogens is 387 g/mol. The largest absolute Gasteiger partial charge is 0.457 e. The smallest absolute Gasteiger partial charge is 0.338 e. The average Bonchev–Trinajstić information content (AvgIpc) is 3.43. The molecule has 0 radical (unpaired) electrons. The molecule has 6 nitrogen and oxygen atoms in total. The molecule has 0 atom stereocenters. The van der Waals surface area contributed by atoms with E-state index in [1.807, 2.05) is 6.07 Å². The topological polar surface area (TPSA) is 72.1 Å². The molecule has 0 N–H and O–H groups in total. The van der Waals surface area contributed by atoms with Crippen LogP contribution in [0.4, 0.5) is 10.1 Å². The van der Waals surface area contributed by atoms with Gasteiger partial charge in [-0.1, -0.05) is 6.07 Å². The number of halogens is 1. The quantitative estimate of drug-likeness (QED) is 0.476. The molecular formula is C23H15FN2O4. The van der Waals surface area contributed by atoms with Gasteiger partial charge in [-0.05, 0) is 61.5 Å². The van der Waals surface area contributed by atoms with Crippen molar-refractivity contribution in [3.63, 3.8) is 0 Å². The molecule has 0 aliphatic carbocycles. The molecule has 0 saturated heterocycles. The first-order chi connectivity index (χ1) is 14.5. The Bertz CT molecular complexity index is 1250. The number of ether oxygens (including phenoxy) is 1. The van der Waals surface area contributed by atoms with Gasteiger partial charge in [-0.3, -0.25) is 4.79 Å². The van der Waals surface area contributed by atoms with Gasteiger partial charge in [-0.15, -0.1) is 0 Å². The SMILES string of the molecule is CC1=NN(c2ccc(F)cc2)C(=O)/C1=C/c1ccc(-c2ccc3c(c2)COC3=O)o1. The lowest BCUT2D eigenvalue weighted by Crippen LogP contribution is -2.21. The van der Waals surface area contributed by atoms with E-state index in [4.69, 9.17) is 9.15 Å². The Morgan fingerprint density at radius 1 is 1.07 bits per heavy atom. The molecule has 5 rings (SSSR count). The zero-order valence-electron chi connectivity index (χ0n) is 15.9. The highest BCUT2D eigenvalue weighted by molar-refractivity contribution is 6.32. The van der Waals surface area contributed by atoms with E-state index in [1.54, 1.807) is 37.3 Å². The summed E-state index contributed by atoms with van der Waals surface area (Å²) in [5, 5.41) is 5.52. The molecule has 1 aromatic heterocycles. The van der Waals surface area contributed by atoms with Gasteiger partial charge in [-0.25, -0.2) is 9.18 Å². The van der Waals surface area contributed by atoms with Crippen LogP contribution in [0.2, 0.25) is 0 Å². The lowest BCUT2D eigenvalue weighted by molar-refractivity contribution is -0.114. The zero-order valence-corrected chi connectivity index (χ0v) is 15.9. The number of fused-ring (bicyclic) bond motifs is 1. The third-order valence-corrected chi connectivity index (χ3v) is 5.02. The van der Waals surface area contributed by atoms with E-state index < -0.39 is 0 Å². The van der Waals surface area contributed by atoms with E-state index in [-0.39, 0.29) is 24.3 Å². The maximum Gasteiger partial charge on any atom is 0.338 e. The highest BCUT2D eigenvalue weighted by atomic mass is 19.1. The van der Waals surface area contributed by atoms with Crippen LogP contribution in [0.15, 0.2) is 69.7 Å². The number of cyclic esters (lactones) is 1. The second kappa shape index (κ2) is 6.81. The van der Waals surface area contributed by atoms with Gasteiger partial charge in [-0.2, -0.15) is 10.1 Å². The number of amides is 1. The van der Waals surface area contributed by atoms with E-state index in [0.717, 1.165) is 11.1 Å².